The van der Waals surface area contributed by atoms with E-state index in [-0.39, 0.29) is 31.1 Å². The minimum atomic E-state index is -0.790. The van der Waals surface area contributed by atoms with Crippen molar-refractivity contribution in [1.29, 1.82) is 0 Å². The number of hydrogen-bond acceptors (Lipinski definition) is 6. The molecule has 0 radical (unpaired) electrons. The highest BCUT2D eigenvalue weighted by molar-refractivity contribution is 5.71. The topological polar surface area (TPSA) is 78.9 Å². The monoisotopic (exact) mass is 1060 g/mol. The summed E-state index contributed by atoms with van der Waals surface area (Å²) in [7, 11) is 0. The Labute approximate surface area is 473 Å². The van der Waals surface area contributed by atoms with E-state index in [1.54, 1.807) is 0 Å². The first-order valence-corrected chi connectivity index (χ1v) is 33.6. The molecule has 6 heteroatoms. The van der Waals surface area contributed by atoms with Crippen LogP contribution in [-0.2, 0) is 28.6 Å². The van der Waals surface area contributed by atoms with Gasteiger partial charge in [-0.05, 0) is 77.0 Å². The lowest BCUT2D eigenvalue weighted by molar-refractivity contribution is -0.167. The summed E-state index contributed by atoms with van der Waals surface area (Å²) in [5.74, 6) is -0.907. The molecule has 0 aromatic carbocycles. The van der Waals surface area contributed by atoms with Crippen LogP contribution < -0.4 is 0 Å². The van der Waals surface area contributed by atoms with Crippen molar-refractivity contribution in [3.05, 3.63) is 48.6 Å². The number of hydrogen-bond donors (Lipinski definition) is 0. The quantitative estimate of drug-likeness (QED) is 0.0261. The second kappa shape index (κ2) is 64.9. The van der Waals surface area contributed by atoms with Crippen LogP contribution in [-0.4, -0.2) is 37.2 Å². The van der Waals surface area contributed by atoms with Crippen molar-refractivity contribution >= 4 is 17.9 Å². The average molecular weight is 1070 g/mol. The third-order valence-electron chi connectivity index (χ3n) is 15.1. The Morgan fingerprint density at radius 1 is 0.276 bits per heavy atom. The summed E-state index contributed by atoms with van der Waals surface area (Å²) < 4.78 is 16.9. The third-order valence-corrected chi connectivity index (χ3v) is 15.1. The molecular weight excluding hydrogens is 937 g/mol. The predicted molar refractivity (Wildman–Crippen MR) is 330 cm³/mol. The molecule has 0 aliphatic rings. The smallest absolute Gasteiger partial charge is 0.306 e. The minimum absolute atomic E-state index is 0.0846. The Balaban J connectivity index is 4.04. The minimum Gasteiger partial charge on any atom is -0.462 e. The van der Waals surface area contributed by atoms with E-state index < -0.39 is 6.10 Å². The lowest BCUT2D eigenvalue weighted by Crippen LogP contribution is -2.30. The third kappa shape index (κ3) is 62.2. The number of rotatable bonds is 62. The van der Waals surface area contributed by atoms with E-state index in [1.165, 1.54) is 231 Å². The van der Waals surface area contributed by atoms with Gasteiger partial charge < -0.3 is 14.2 Å². The summed E-state index contributed by atoms with van der Waals surface area (Å²) >= 11 is 0. The lowest BCUT2D eigenvalue weighted by Gasteiger charge is -2.18. The van der Waals surface area contributed by atoms with E-state index in [4.69, 9.17) is 14.2 Å². The highest BCUT2D eigenvalue weighted by atomic mass is 16.6. The van der Waals surface area contributed by atoms with Crippen LogP contribution in [0.2, 0.25) is 0 Å². The zero-order valence-electron chi connectivity index (χ0n) is 51.0. The summed E-state index contributed by atoms with van der Waals surface area (Å²) in [5.41, 5.74) is 0. The molecule has 6 nitrogen and oxygen atoms in total. The van der Waals surface area contributed by atoms with Gasteiger partial charge in [-0.1, -0.05) is 313 Å². The SMILES string of the molecule is CC/C=C\C/C=C\C/C=C\CCCCCC(=O)OC(COC(=O)CCCCCCC/C=C\CCCCC)COC(=O)CCCCCCCCCCCCCCCCCCCCCCCCCCCCCCCCCCC. The van der Waals surface area contributed by atoms with Crippen molar-refractivity contribution in [1.82, 2.24) is 0 Å². The molecule has 0 saturated carbocycles. The van der Waals surface area contributed by atoms with Gasteiger partial charge in [-0.15, -0.1) is 0 Å². The highest BCUT2D eigenvalue weighted by Gasteiger charge is 2.19. The summed E-state index contributed by atoms with van der Waals surface area (Å²) in [6, 6.07) is 0. The number of allylic oxidation sites excluding steroid dienone is 8. The molecule has 0 saturated heterocycles. The normalized spacial score (nSPS) is 12.3. The molecule has 0 spiro atoms. The van der Waals surface area contributed by atoms with Crippen molar-refractivity contribution in [2.75, 3.05) is 13.2 Å². The standard InChI is InChI=1S/C70H128O6/c1-4-7-10-13-16-19-22-25-26-27-28-29-30-31-32-33-34-35-36-37-38-39-40-41-42-43-44-46-48-51-54-57-60-63-69(72)75-66-67(65-74-68(71)62-59-56-53-50-47-24-21-18-15-12-9-6-3)76-70(73)64-61-58-55-52-49-45-23-20-17-14-11-8-5-2/h8,11,17-18,20-21,45,49,67H,4-7,9-10,12-16,19,22-44,46-48,50-66H2,1-3H3/b11-8-,20-17-,21-18-,49-45-. The Morgan fingerprint density at radius 2 is 0.513 bits per heavy atom. The van der Waals surface area contributed by atoms with Gasteiger partial charge in [0.1, 0.15) is 13.2 Å². The molecule has 0 aromatic heterocycles. The first-order chi connectivity index (χ1) is 37.5. The molecule has 1 atom stereocenters. The highest BCUT2D eigenvalue weighted by Crippen LogP contribution is 2.18. The van der Waals surface area contributed by atoms with E-state index >= 15 is 0 Å². The van der Waals surface area contributed by atoms with E-state index in [2.05, 4.69) is 69.4 Å². The second-order valence-corrected chi connectivity index (χ2v) is 22.7. The first kappa shape index (κ1) is 73.4. The number of ether oxygens (including phenoxy) is 3. The number of carbonyl (C=O) groups excluding carboxylic acids is 3. The molecule has 444 valence electrons. The maximum atomic E-state index is 12.8. The fourth-order valence-electron chi connectivity index (χ4n) is 10.0. The summed E-state index contributed by atoms with van der Waals surface area (Å²) in [6.07, 6.45) is 81.7. The van der Waals surface area contributed by atoms with Gasteiger partial charge >= 0.3 is 17.9 Å². The zero-order valence-corrected chi connectivity index (χ0v) is 51.0. The van der Waals surface area contributed by atoms with Gasteiger partial charge in [0.05, 0.1) is 0 Å². The largest absolute Gasteiger partial charge is 0.462 e. The van der Waals surface area contributed by atoms with E-state index in [0.717, 1.165) is 89.9 Å². The molecule has 0 aliphatic heterocycles. The van der Waals surface area contributed by atoms with Crippen LogP contribution >= 0.6 is 0 Å². The van der Waals surface area contributed by atoms with Crippen molar-refractivity contribution in [2.24, 2.45) is 0 Å². The van der Waals surface area contributed by atoms with Crippen LogP contribution in [0.15, 0.2) is 48.6 Å². The van der Waals surface area contributed by atoms with Gasteiger partial charge in [0, 0.05) is 19.3 Å². The number of carbonyl (C=O) groups is 3. The molecule has 0 aliphatic carbocycles. The fourth-order valence-corrected chi connectivity index (χ4v) is 10.0. The van der Waals surface area contributed by atoms with Gasteiger partial charge in [-0.2, -0.15) is 0 Å². The van der Waals surface area contributed by atoms with Crippen molar-refractivity contribution in [3.8, 4) is 0 Å². The van der Waals surface area contributed by atoms with Crippen molar-refractivity contribution in [3.63, 3.8) is 0 Å². The molecular formula is C70H128O6. The summed E-state index contributed by atoms with van der Waals surface area (Å²) in [4.78, 5) is 38.2. The average Bonchev–Trinajstić information content (AvgIpc) is 3.42. The van der Waals surface area contributed by atoms with Crippen LogP contribution in [0.3, 0.4) is 0 Å². The Kier molecular flexibility index (Phi) is 62.6. The van der Waals surface area contributed by atoms with E-state index in [9.17, 15) is 14.4 Å². The first-order valence-electron chi connectivity index (χ1n) is 33.6. The molecule has 76 heavy (non-hydrogen) atoms. The van der Waals surface area contributed by atoms with Gasteiger partial charge in [-0.25, -0.2) is 0 Å². The van der Waals surface area contributed by atoms with Gasteiger partial charge in [0.2, 0.25) is 0 Å². The maximum absolute atomic E-state index is 12.8. The molecule has 0 rings (SSSR count). The van der Waals surface area contributed by atoms with Crippen LogP contribution in [0.5, 0.6) is 0 Å². The van der Waals surface area contributed by atoms with Gasteiger partial charge in [0.25, 0.3) is 0 Å². The van der Waals surface area contributed by atoms with Gasteiger partial charge in [-0.3, -0.25) is 14.4 Å². The lowest BCUT2D eigenvalue weighted by atomic mass is 10.0. The summed E-state index contributed by atoms with van der Waals surface area (Å²) in [5, 5.41) is 0. The second-order valence-electron chi connectivity index (χ2n) is 22.7. The summed E-state index contributed by atoms with van der Waals surface area (Å²) in [6.45, 7) is 6.52. The fraction of sp³-hybridized carbons (Fsp3) is 0.843. The molecule has 0 bridgehead atoms. The molecule has 0 fully saturated rings. The van der Waals surface area contributed by atoms with Crippen molar-refractivity contribution < 1.29 is 28.6 Å². The van der Waals surface area contributed by atoms with E-state index in [0.29, 0.717) is 19.3 Å². The van der Waals surface area contributed by atoms with Crippen LogP contribution in [0.25, 0.3) is 0 Å². The molecule has 0 amide bonds. The molecule has 1 unspecified atom stereocenters. The van der Waals surface area contributed by atoms with Crippen molar-refractivity contribution in [2.45, 2.75) is 367 Å². The molecule has 0 aromatic rings. The Bertz CT molecular complexity index is 1310. The maximum Gasteiger partial charge on any atom is 0.306 e. The zero-order chi connectivity index (χ0) is 55.0. The van der Waals surface area contributed by atoms with Crippen LogP contribution in [0.4, 0.5) is 0 Å². The predicted octanol–water partition coefficient (Wildman–Crippen LogP) is 22.9. The van der Waals surface area contributed by atoms with Gasteiger partial charge in [0.15, 0.2) is 6.10 Å². The number of esters is 3. The number of unbranched alkanes of at least 4 members (excludes halogenated alkanes) is 43. The molecule has 0 N–H and O–H groups in total. The van der Waals surface area contributed by atoms with E-state index in [1.807, 2.05) is 0 Å². The van der Waals surface area contributed by atoms with Crippen LogP contribution in [0.1, 0.15) is 361 Å². The van der Waals surface area contributed by atoms with Crippen LogP contribution in [0, 0.1) is 0 Å². The Hall–Kier alpha value is -2.63. The molecule has 0 heterocycles. The Morgan fingerprint density at radius 3 is 0.855 bits per heavy atom.